The quantitative estimate of drug-likeness (QED) is 0.737. The van der Waals surface area contributed by atoms with Gasteiger partial charge >= 0.3 is 0 Å². The molecule has 26 heavy (non-hydrogen) atoms. The summed E-state index contributed by atoms with van der Waals surface area (Å²) >= 11 is 0. The van der Waals surface area contributed by atoms with Crippen LogP contribution in [0.15, 0.2) is 59.6 Å². The van der Waals surface area contributed by atoms with E-state index < -0.39 is 15.9 Å². The molecule has 0 spiro atoms. The number of hydrogen-bond donors (Lipinski definition) is 2. The molecule has 132 valence electrons. The molecule has 2 heterocycles. The number of nitrogens with one attached hydrogen (secondary N) is 2. The number of rotatable bonds is 4. The Bertz CT molecular complexity index is 1130. The lowest BCUT2D eigenvalue weighted by molar-refractivity contribution is -0.116. The average Bonchev–Trinajstić information content (AvgIpc) is 3.17. The van der Waals surface area contributed by atoms with Crippen molar-refractivity contribution in [3.63, 3.8) is 0 Å². The number of carbonyl (C=O) groups is 2. The molecular formula is C18H15N3O4S. The average molecular weight is 369 g/mol. The highest BCUT2D eigenvalue weighted by Crippen LogP contribution is 2.30. The van der Waals surface area contributed by atoms with Crippen molar-refractivity contribution < 1.29 is 18.0 Å². The lowest BCUT2D eigenvalue weighted by Crippen LogP contribution is -2.33. The Balaban J connectivity index is 1.49. The van der Waals surface area contributed by atoms with E-state index in [0.29, 0.717) is 5.69 Å². The summed E-state index contributed by atoms with van der Waals surface area (Å²) in [6.07, 6.45) is 1.65. The van der Waals surface area contributed by atoms with Crippen LogP contribution >= 0.6 is 0 Å². The van der Waals surface area contributed by atoms with Crippen LogP contribution < -0.4 is 5.32 Å². The van der Waals surface area contributed by atoms with Crippen molar-refractivity contribution in [3.05, 3.63) is 60.3 Å². The van der Waals surface area contributed by atoms with E-state index in [1.807, 2.05) is 12.1 Å². The van der Waals surface area contributed by atoms with Crippen molar-refractivity contribution in [2.24, 2.45) is 0 Å². The summed E-state index contributed by atoms with van der Waals surface area (Å²) in [4.78, 5) is 27.6. The highest BCUT2D eigenvalue weighted by Gasteiger charge is 2.40. The lowest BCUT2D eigenvalue weighted by atomic mass is 10.2. The molecule has 1 aliphatic heterocycles. The highest BCUT2D eigenvalue weighted by molar-refractivity contribution is 7.90. The predicted octanol–water partition coefficient (Wildman–Crippen LogP) is 2.34. The van der Waals surface area contributed by atoms with E-state index in [0.717, 1.165) is 15.2 Å². The van der Waals surface area contributed by atoms with Crippen molar-refractivity contribution in [3.8, 4) is 0 Å². The van der Waals surface area contributed by atoms with Crippen LogP contribution in [0.1, 0.15) is 16.8 Å². The maximum Gasteiger partial charge on any atom is 0.269 e. The van der Waals surface area contributed by atoms with Crippen LogP contribution in [0.2, 0.25) is 0 Å². The van der Waals surface area contributed by atoms with Gasteiger partial charge in [-0.05, 0) is 30.3 Å². The smallest absolute Gasteiger partial charge is 0.269 e. The minimum Gasteiger partial charge on any atom is -0.361 e. The van der Waals surface area contributed by atoms with Gasteiger partial charge in [0, 0.05) is 30.1 Å². The molecule has 0 unspecified atom stereocenters. The molecule has 0 atom stereocenters. The maximum absolute atomic E-state index is 12.5. The Labute approximate surface area is 149 Å². The van der Waals surface area contributed by atoms with Crippen molar-refractivity contribution in [2.45, 2.75) is 11.3 Å². The first-order chi connectivity index (χ1) is 12.5. The molecule has 2 aromatic carbocycles. The lowest BCUT2D eigenvalue weighted by Gasteiger charge is -2.15. The number of amides is 2. The number of fused-ring (bicyclic) bond motifs is 2. The van der Waals surface area contributed by atoms with Gasteiger partial charge in [-0.3, -0.25) is 9.59 Å². The second-order valence-corrected chi connectivity index (χ2v) is 7.75. The van der Waals surface area contributed by atoms with Crippen LogP contribution in [0, 0.1) is 0 Å². The van der Waals surface area contributed by atoms with E-state index >= 15 is 0 Å². The molecule has 2 N–H and O–H groups in total. The minimum absolute atomic E-state index is 0.0116. The molecule has 4 rings (SSSR count). The molecule has 0 fully saturated rings. The molecule has 3 aromatic rings. The van der Waals surface area contributed by atoms with Crippen molar-refractivity contribution >= 4 is 38.4 Å². The van der Waals surface area contributed by atoms with Crippen molar-refractivity contribution in [2.75, 3.05) is 11.9 Å². The Morgan fingerprint density at radius 2 is 1.88 bits per heavy atom. The Hall–Kier alpha value is -3.13. The normalized spacial score (nSPS) is 15.2. The zero-order chi connectivity index (χ0) is 18.3. The van der Waals surface area contributed by atoms with Crippen LogP contribution in [0.3, 0.4) is 0 Å². The first kappa shape index (κ1) is 16.3. The maximum atomic E-state index is 12.5. The zero-order valence-electron chi connectivity index (χ0n) is 13.6. The fraction of sp³-hybridized carbons (Fsp3) is 0.111. The molecule has 0 aliphatic carbocycles. The molecule has 0 saturated carbocycles. The second-order valence-electron chi connectivity index (χ2n) is 5.92. The van der Waals surface area contributed by atoms with Crippen LogP contribution in [-0.2, 0) is 14.8 Å². The monoisotopic (exact) mass is 369 g/mol. The van der Waals surface area contributed by atoms with Crippen LogP contribution in [0.5, 0.6) is 0 Å². The Morgan fingerprint density at radius 3 is 2.69 bits per heavy atom. The number of aromatic nitrogens is 1. The summed E-state index contributed by atoms with van der Waals surface area (Å²) in [5.74, 6) is -0.959. The molecule has 1 aromatic heterocycles. The topological polar surface area (TPSA) is 99.3 Å². The third kappa shape index (κ3) is 2.55. The number of benzene rings is 2. The van der Waals surface area contributed by atoms with Crippen molar-refractivity contribution in [1.29, 1.82) is 0 Å². The van der Waals surface area contributed by atoms with Gasteiger partial charge in [0.2, 0.25) is 5.91 Å². The van der Waals surface area contributed by atoms with Gasteiger partial charge in [0.15, 0.2) is 0 Å². The summed E-state index contributed by atoms with van der Waals surface area (Å²) in [6, 6.07) is 13.4. The van der Waals surface area contributed by atoms with Gasteiger partial charge < -0.3 is 10.3 Å². The molecular weight excluding hydrogens is 354 g/mol. The number of nitrogens with zero attached hydrogens (tertiary/aromatic N) is 1. The molecule has 7 nitrogen and oxygen atoms in total. The highest BCUT2D eigenvalue weighted by atomic mass is 32.2. The standard InChI is InChI=1S/C18H15N3O4S/c22-17(20-15-6-3-5-14-12(15)8-10-19-14)9-11-21-18(23)13-4-1-2-7-16(13)26(21,24)25/h1-8,10,19H,9,11H2,(H,20,22). The molecule has 0 bridgehead atoms. The van der Waals surface area contributed by atoms with Gasteiger partial charge in [-0.2, -0.15) is 0 Å². The zero-order valence-corrected chi connectivity index (χ0v) is 14.4. The first-order valence-electron chi connectivity index (χ1n) is 8.00. The minimum atomic E-state index is -3.89. The van der Waals surface area contributed by atoms with Gasteiger partial charge in [0.25, 0.3) is 15.9 Å². The number of hydrogen-bond acceptors (Lipinski definition) is 4. The summed E-state index contributed by atoms with van der Waals surface area (Å²) in [7, 11) is -3.89. The Morgan fingerprint density at radius 1 is 1.08 bits per heavy atom. The molecule has 1 aliphatic rings. The summed E-state index contributed by atoms with van der Waals surface area (Å²) in [6.45, 7) is -0.204. The Kier molecular flexibility index (Phi) is 3.77. The summed E-state index contributed by atoms with van der Waals surface area (Å²) in [5.41, 5.74) is 1.66. The number of H-pyrrole nitrogens is 1. The fourth-order valence-electron chi connectivity index (χ4n) is 3.06. The van der Waals surface area contributed by atoms with E-state index in [9.17, 15) is 18.0 Å². The summed E-state index contributed by atoms with van der Waals surface area (Å²) < 4.78 is 25.7. The number of carbonyl (C=O) groups excluding carboxylic acids is 2. The SMILES string of the molecule is O=C(CCN1C(=O)c2ccccc2S1(=O)=O)Nc1cccc2[nH]ccc12. The van der Waals surface area contributed by atoms with Crippen LogP contribution in [0.25, 0.3) is 10.9 Å². The third-order valence-electron chi connectivity index (χ3n) is 4.32. The third-order valence-corrected chi connectivity index (χ3v) is 6.16. The molecule has 0 saturated heterocycles. The number of anilines is 1. The fourth-order valence-corrected chi connectivity index (χ4v) is 4.63. The van der Waals surface area contributed by atoms with Gasteiger partial charge in [-0.15, -0.1) is 0 Å². The van der Waals surface area contributed by atoms with E-state index in [4.69, 9.17) is 0 Å². The van der Waals surface area contributed by atoms with E-state index in [-0.39, 0.29) is 29.3 Å². The summed E-state index contributed by atoms with van der Waals surface area (Å²) in [5, 5.41) is 3.63. The van der Waals surface area contributed by atoms with Crippen LogP contribution in [0.4, 0.5) is 5.69 Å². The van der Waals surface area contributed by atoms with E-state index in [1.54, 1.807) is 30.5 Å². The van der Waals surface area contributed by atoms with Gasteiger partial charge in [0.05, 0.1) is 11.3 Å². The largest absolute Gasteiger partial charge is 0.361 e. The van der Waals surface area contributed by atoms with E-state index in [2.05, 4.69) is 10.3 Å². The van der Waals surface area contributed by atoms with Gasteiger partial charge in [-0.25, -0.2) is 12.7 Å². The number of sulfonamides is 1. The molecule has 0 radical (unpaired) electrons. The van der Waals surface area contributed by atoms with Gasteiger partial charge in [-0.1, -0.05) is 18.2 Å². The number of aromatic amines is 1. The first-order valence-corrected chi connectivity index (χ1v) is 9.44. The molecule has 8 heteroatoms. The second kappa shape index (κ2) is 5.99. The van der Waals surface area contributed by atoms with Gasteiger partial charge in [0.1, 0.15) is 4.90 Å². The van der Waals surface area contributed by atoms with Crippen LogP contribution in [-0.4, -0.2) is 36.1 Å². The predicted molar refractivity (Wildman–Crippen MR) is 96.2 cm³/mol. The van der Waals surface area contributed by atoms with E-state index in [1.165, 1.54) is 12.1 Å². The molecule has 2 amide bonds. The van der Waals surface area contributed by atoms with Crippen molar-refractivity contribution in [1.82, 2.24) is 9.29 Å².